The summed E-state index contributed by atoms with van der Waals surface area (Å²) in [4.78, 5) is 1.36. The second-order valence-corrected chi connectivity index (χ2v) is 5.68. The SMILES string of the molecule is CCNCc1ccc(SCCc2ccccc2)cc1. The van der Waals surface area contributed by atoms with Crippen LogP contribution < -0.4 is 5.32 Å². The van der Waals surface area contributed by atoms with Gasteiger partial charge in [0.2, 0.25) is 0 Å². The number of aryl methyl sites for hydroxylation is 1. The Morgan fingerprint density at radius 2 is 1.63 bits per heavy atom. The van der Waals surface area contributed by atoms with Crippen LogP contribution in [0.2, 0.25) is 0 Å². The van der Waals surface area contributed by atoms with Crippen LogP contribution in [0, 0.1) is 0 Å². The van der Waals surface area contributed by atoms with E-state index in [-0.39, 0.29) is 0 Å². The zero-order valence-corrected chi connectivity index (χ0v) is 12.2. The van der Waals surface area contributed by atoms with Gasteiger partial charge < -0.3 is 5.32 Å². The Balaban J connectivity index is 1.77. The Morgan fingerprint density at radius 1 is 0.895 bits per heavy atom. The van der Waals surface area contributed by atoms with Gasteiger partial charge in [0.15, 0.2) is 0 Å². The fraction of sp³-hybridized carbons (Fsp3) is 0.294. The summed E-state index contributed by atoms with van der Waals surface area (Å²) in [5, 5.41) is 3.34. The van der Waals surface area contributed by atoms with E-state index < -0.39 is 0 Å². The van der Waals surface area contributed by atoms with Crippen LogP contribution in [0.3, 0.4) is 0 Å². The minimum Gasteiger partial charge on any atom is -0.313 e. The van der Waals surface area contributed by atoms with Crippen LogP contribution >= 0.6 is 11.8 Å². The maximum atomic E-state index is 3.34. The Morgan fingerprint density at radius 3 is 2.32 bits per heavy atom. The first-order valence-electron chi connectivity index (χ1n) is 6.85. The largest absolute Gasteiger partial charge is 0.313 e. The van der Waals surface area contributed by atoms with Crippen LogP contribution in [0.4, 0.5) is 0 Å². The van der Waals surface area contributed by atoms with Gasteiger partial charge in [-0.25, -0.2) is 0 Å². The van der Waals surface area contributed by atoms with E-state index >= 15 is 0 Å². The molecule has 0 amide bonds. The van der Waals surface area contributed by atoms with Gasteiger partial charge in [-0.3, -0.25) is 0 Å². The lowest BCUT2D eigenvalue weighted by atomic mass is 10.2. The minimum absolute atomic E-state index is 0.964. The third-order valence-electron chi connectivity index (χ3n) is 3.00. The van der Waals surface area contributed by atoms with E-state index in [1.807, 2.05) is 11.8 Å². The van der Waals surface area contributed by atoms with Crippen LogP contribution in [0.15, 0.2) is 59.5 Å². The molecular formula is C17H21NS. The molecule has 2 heteroatoms. The van der Waals surface area contributed by atoms with Crippen molar-refractivity contribution in [1.29, 1.82) is 0 Å². The van der Waals surface area contributed by atoms with Gasteiger partial charge in [-0.15, -0.1) is 11.8 Å². The maximum Gasteiger partial charge on any atom is 0.0205 e. The van der Waals surface area contributed by atoms with E-state index in [1.54, 1.807) is 0 Å². The molecule has 100 valence electrons. The molecule has 0 unspecified atom stereocenters. The number of thioether (sulfide) groups is 1. The van der Waals surface area contributed by atoms with Gasteiger partial charge in [0.25, 0.3) is 0 Å². The highest BCUT2D eigenvalue weighted by Crippen LogP contribution is 2.19. The van der Waals surface area contributed by atoms with E-state index in [0.29, 0.717) is 0 Å². The quantitative estimate of drug-likeness (QED) is 0.760. The fourth-order valence-electron chi connectivity index (χ4n) is 1.90. The van der Waals surface area contributed by atoms with Crippen molar-refractivity contribution in [3.8, 4) is 0 Å². The molecule has 0 saturated heterocycles. The van der Waals surface area contributed by atoms with E-state index in [2.05, 4.69) is 66.8 Å². The van der Waals surface area contributed by atoms with E-state index in [1.165, 1.54) is 16.0 Å². The summed E-state index contributed by atoms with van der Waals surface area (Å²) in [6.07, 6.45) is 1.13. The van der Waals surface area contributed by atoms with Crippen LogP contribution in [0.1, 0.15) is 18.1 Å². The molecule has 0 saturated carbocycles. The molecule has 0 aliphatic rings. The second kappa shape index (κ2) is 8.03. The molecule has 1 N–H and O–H groups in total. The van der Waals surface area contributed by atoms with Gasteiger partial charge in [0.1, 0.15) is 0 Å². The standard InChI is InChI=1S/C17H21NS/c1-2-18-14-16-8-10-17(11-9-16)19-13-12-15-6-4-3-5-7-15/h3-11,18H,2,12-14H2,1H3. The molecule has 2 aromatic rings. The fourth-order valence-corrected chi connectivity index (χ4v) is 2.81. The number of hydrogen-bond acceptors (Lipinski definition) is 2. The highest BCUT2D eigenvalue weighted by molar-refractivity contribution is 7.99. The predicted molar refractivity (Wildman–Crippen MR) is 84.7 cm³/mol. The Hall–Kier alpha value is -1.25. The van der Waals surface area contributed by atoms with Crippen molar-refractivity contribution in [3.05, 3.63) is 65.7 Å². The van der Waals surface area contributed by atoms with Crippen molar-refractivity contribution in [2.75, 3.05) is 12.3 Å². The third kappa shape index (κ3) is 5.09. The number of nitrogens with one attached hydrogen (secondary N) is 1. The van der Waals surface area contributed by atoms with Crippen LogP contribution in [-0.4, -0.2) is 12.3 Å². The van der Waals surface area contributed by atoms with Gasteiger partial charge >= 0.3 is 0 Å². The maximum absolute atomic E-state index is 3.34. The van der Waals surface area contributed by atoms with Gasteiger partial charge in [0, 0.05) is 17.2 Å². The molecule has 2 aromatic carbocycles. The van der Waals surface area contributed by atoms with Crippen molar-refractivity contribution in [2.45, 2.75) is 24.8 Å². The van der Waals surface area contributed by atoms with Crippen LogP contribution in [-0.2, 0) is 13.0 Å². The van der Waals surface area contributed by atoms with Gasteiger partial charge in [-0.05, 0) is 36.2 Å². The normalized spacial score (nSPS) is 10.6. The highest BCUT2D eigenvalue weighted by atomic mass is 32.2. The molecule has 0 aliphatic heterocycles. The highest BCUT2D eigenvalue weighted by Gasteiger charge is 1.97. The zero-order valence-electron chi connectivity index (χ0n) is 11.4. The van der Waals surface area contributed by atoms with Gasteiger partial charge in [-0.2, -0.15) is 0 Å². The predicted octanol–water partition coefficient (Wildman–Crippen LogP) is 4.13. The summed E-state index contributed by atoms with van der Waals surface area (Å²) in [6, 6.07) is 19.6. The molecule has 19 heavy (non-hydrogen) atoms. The molecule has 0 radical (unpaired) electrons. The van der Waals surface area contributed by atoms with Crippen molar-refractivity contribution in [2.24, 2.45) is 0 Å². The molecule has 0 spiro atoms. The lowest BCUT2D eigenvalue weighted by Gasteiger charge is -2.05. The lowest BCUT2D eigenvalue weighted by molar-refractivity contribution is 0.726. The molecule has 0 aliphatic carbocycles. The van der Waals surface area contributed by atoms with Crippen molar-refractivity contribution < 1.29 is 0 Å². The summed E-state index contributed by atoms with van der Waals surface area (Å²) in [6.45, 7) is 4.12. The number of rotatable bonds is 7. The van der Waals surface area contributed by atoms with Crippen molar-refractivity contribution in [3.63, 3.8) is 0 Å². The summed E-state index contributed by atoms with van der Waals surface area (Å²) in [5.41, 5.74) is 2.77. The van der Waals surface area contributed by atoms with E-state index in [0.717, 1.165) is 25.3 Å². The Labute approximate surface area is 120 Å². The number of benzene rings is 2. The van der Waals surface area contributed by atoms with Gasteiger partial charge in [-0.1, -0.05) is 49.4 Å². The Kier molecular flexibility index (Phi) is 5.99. The third-order valence-corrected chi connectivity index (χ3v) is 4.02. The number of hydrogen-bond donors (Lipinski definition) is 1. The topological polar surface area (TPSA) is 12.0 Å². The molecule has 0 fully saturated rings. The summed E-state index contributed by atoms with van der Waals surface area (Å²) < 4.78 is 0. The smallest absolute Gasteiger partial charge is 0.0205 e. The first-order valence-corrected chi connectivity index (χ1v) is 7.83. The van der Waals surface area contributed by atoms with E-state index in [9.17, 15) is 0 Å². The van der Waals surface area contributed by atoms with Crippen LogP contribution in [0.25, 0.3) is 0 Å². The lowest BCUT2D eigenvalue weighted by Crippen LogP contribution is -2.11. The minimum atomic E-state index is 0.964. The molecule has 2 rings (SSSR count). The molecule has 0 atom stereocenters. The van der Waals surface area contributed by atoms with Crippen LogP contribution in [0.5, 0.6) is 0 Å². The first kappa shape index (κ1) is 14.2. The summed E-state index contributed by atoms with van der Waals surface area (Å²) in [5.74, 6) is 1.14. The molecule has 0 bridgehead atoms. The molecular weight excluding hydrogens is 250 g/mol. The average molecular weight is 271 g/mol. The average Bonchev–Trinajstić information content (AvgIpc) is 2.47. The summed E-state index contributed by atoms with van der Waals surface area (Å²) >= 11 is 1.93. The van der Waals surface area contributed by atoms with Crippen molar-refractivity contribution in [1.82, 2.24) is 5.32 Å². The monoisotopic (exact) mass is 271 g/mol. The zero-order chi connectivity index (χ0) is 13.3. The summed E-state index contributed by atoms with van der Waals surface area (Å²) in [7, 11) is 0. The molecule has 1 nitrogen and oxygen atoms in total. The Bertz CT molecular complexity index is 464. The first-order chi connectivity index (χ1) is 9.38. The second-order valence-electron chi connectivity index (χ2n) is 4.51. The van der Waals surface area contributed by atoms with Gasteiger partial charge in [0.05, 0.1) is 0 Å². The molecule has 0 aromatic heterocycles. The molecule has 0 heterocycles. The van der Waals surface area contributed by atoms with Crippen molar-refractivity contribution >= 4 is 11.8 Å². The van der Waals surface area contributed by atoms with E-state index in [4.69, 9.17) is 0 Å².